The third-order valence-corrected chi connectivity index (χ3v) is 5.73. The molecule has 1 aliphatic rings. The Morgan fingerprint density at radius 1 is 1.03 bits per heavy atom. The fourth-order valence-electron chi connectivity index (χ4n) is 4.10. The molecule has 0 radical (unpaired) electrons. The van der Waals surface area contributed by atoms with Gasteiger partial charge in [0.2, 0.25) is 17.8 Å². The van der Waals surface area contributed by atoms with E-state index in [-0.39, 0.29) is 12.3 Å². The van der Waals surface area contributed by atoms with E-state index >= 15 is 0 Å². The molecular formula is C22H30N6O2. The second kappa shape index (κ2) is 10.2. The van der Waals surface area contributed by atoms with E-state index < -0.39 is 17.7 Å². The molecule has 0 spiro atoms. The van der Waals surface area contributed by atoms with Crippen LogP contribution in [-0.2, 0) is 16.1 Å². The summed E-state index contributed by atoms with van der Waals surface area (Å²) in [6.07, 6.45) is 4.23. The number of carbonyl (C=O) groups is 2. The number of nitrogens with two attached hydrogens (primary N) is 2. The fourth-order valence-corrected chi connectivity index (χ4v) is 4.10. The van der Waals surface area contributed by atoms with Crippen molar-refractivity contribution in [1.82, 2.24) is 14.9 Å². The second-order valence-electron chi connectivity index (χ2n) is 7.75. The molecule has 2 aromatic rings. The van der Waals surface area contributed by atoms with Gasteiger partial charge in [0.15, 0.2) is 0 Å². The summed E-state index contributed by atoms with van der Waals surface area (Å²) < 4.78 is 0. The van der Waals surface area contributed by atoms with Crippen LogP contribution < -0.4 is 16.4 Å². The summed E-state index contributed by atoms with van der Waals surface area (Å²) in [4.78, 5) is 36.5. The lowest BCUT2D eigenvalue weighted by Crippen LogP contribution is -2.46. The van der Waals surface area contributed by atoms with Crippen LogP contribution in [0.25, 0.3) is 0 Å². The Labute approximate surface area is 177 Å². The average molecular weight is 411 g/mol. The standard InChI is InChI=1S/C22H30N6O2/c1-2-18(19(21(24)30)14-20(23)29)17-6-4-16(5-7-17)15-27-10-12-28(13-11-27)22-25-8-3-9-26-22/h3-9,18-19H,2,10-15H2,1H3,(H2,23,29)(H2,24,30). The van der Waals surface area contributed by atoms with Gasteiger partial charge >= 0.3 is 0 Å². The second-order valence-corrected chi connectivity index (χ2v) is 7.75. The van der Waals surface area contributed by atoms with Crippen LogP contribution in [-0.4, -0.2) is 52.9 Å². The van der Waals surface area contributed by atoms with Crippen LogP contribution in [0, 0.1) is 5.92 Å². The van der Waals surface area contributed by atoms with Crippen molar-refractivity contribution in [3.63, 3.8) is 0 Å². The van der Waals surface area contributed by atoms with Gasteiger partial charge in [-0.25, -0.2) is 9.97 Å². The van der Waals surface area contributed by atoms with E-state index in [1.807, 2.05) is 25.1 Å². The van der Waals surface area contributed by atoms with E-state index in [2.05, 4.69) is 31.9 Å². The summed E-state index contributed by atoms with van der Waals surface area (Å²) in [7, 11) is 0. The smallest absolute Gasteiger partial charge is 0.225 e. The maximum absolute atomic E-state index is 11.9. The molecule has 160 valence electrons. The summed E-state index contributed by atoms with van der Waals surface area (Å²) >= 11 is 0. The molecule has 1 aromatic heterocycles. The van der Waals surface area contributed by atoms with Crippen molar-refractivity contribution < 1.29 is 9.59 Å². The number of aromatic nitrogens is 2. The predicted octanol–water partition coefficient (Wildman–Crippen LogP) is 1.27. The Kier molecular flexibility index (Phi) is 7.35. The van der Waals surface area contributed by atoms with Crippen LogP contribution >= 0.6 is 0 Å². The molecule has 8 heteroatoms. The zero-order chi connectivity index (χ0) is 21.5. The maximum Gasteiger partial charge on any atom is 0.225 e. The molecule has 8 nitrogen and oxygen atoms in total. The van der Waals surface area contributed by atoms with Crippen molar-refractivity contribution in [3.05, 3.63) is 53.9 Å². The Balaban J connectivity index is 1.59. The minimum atomic E-state index is -0.577. The molecule has 3 rings (SSSR count). The molecule has 1 aromatic carbocycles. The lowest BCUT2D eigenvalue weighted by molar-refractivity contribution is -0.127. The van der Waals surface area contributed by atoms with Crippen molar-refractivity contribution in [1.29, 1.82) is 0 Å². The van der Waals surface area contributed by atoms with E-state index in [1.54, 1.807) is 12.4 Å². The van der Waals surface area contributed by atoms with Gasteiger partial charge in [-0.05, 0) is 29.5 Å². The van der Waals surface area contributed by atoms with E-state index in [0.29, 0.717) is 6.42 Å². The highest BCUT2D eigenvalue weighted by atomic mass is 16.2. The van der Waals surface area contributed by atoms with Crippen molar-refractivity contribution >= 4 is 17.8 Å². The number of primary amides is 2. The zero-order valence-electron chi connectivity index (χ0n) is 17.4. The average Bonchev–Trinajstić information content (AvgIpc) is 2.75. The van der Waals surface area contributed by atoms with E-state index in [0.717, 1.165) is 44.2 Å². The van der Waals surface area contributed by atoms with Crippen LogP contribution in [0.15, 0.2) is 42.7 Å². The highest BCUT2D eigenvalue weighted by molar-refractivity contribution is 5.84. The molecule has 2 atom stereocenters. The number of anilines is 1. The predicted molar refractivity (Wildman–Crippen MR) is 115 cm³/mol. The van der Waals surface area contributed by atoms with Gasteiger partial charge in [-0.2, -0.15) is 0 Å². The molecule has 30 heavy (non-hydrogen) atoms. The normalized spacial score (nSPS) is 16.8. The van der Waals surface area contributed by atoms with Crippen molar-refractivity contribution in [3.8, 4) is 0 Å². The molecule has 4 N–H and O–H groups in total. The van der Waals surface area contributed by atoms with E-state index in [9.17, 15) is 9.59 Å². The largest absolute Gasteiger partial charge is 0.370 e. The molecular weight excluding hydrogens is 380 g/mol. The first-order valence-electron chi connectivity index (χ1n) is 10.4. The number of amides is 2. The molecule has 1 saturated heterocycles. The first kappa shape index (κ1) is 21.7. The van der Waals surface area contributed by atoms with Gasteiger partial charge in [0.1, 0.15) is 0 Å². The lowest BCUT2D eigenvalue weighted by atomic mass is 9.81. The highest BCUT2D eigenvalue weighted by Crippen LogP contribution is 2.30. The topological polar surface area (TPSA) is 118 Å². The molecule has 2 heterocycles. The summed E-state index contributed by atoms with van der Waals surface area (Å²) in [5.74, 6) is -0.893. The molecule has 0 bridgehead atoms. The van der Waals surface area contributed by atoms with Gasteiger partial charge in [-0.3, -0.25) is 14.5 Å². The number of hydrogen-bond donors (Lipinski definition) is 2. The monoisotopic (exact) mass is 410 g/mol. The van der Waals surface area contributed by atoms with Crippen molar-refractivity contribution in [2.75, 3.05) is 31.1 Å². The molecule has 2 amide bonds. The van der Waals surface area contributed by atoms with Gasteiger partial charge in [0, 0.05) is 51.5 Å². The number of rotatable bonds is 9. The maximum atomic E-state index is 11.9. The van der Waals surface area contributed by atoms with Gasteiger partial charge in [-0.15, -0.1) is 0 Å². The van der Waals surface area contributed by atoms with Gasteiger partial charge in [0.05, 0.1) is 5.92 Å². The molecule has 0 aliphatic carbocycles. The first-order valence-corrected chi connectivity index (χ1v) is 10.4. The van der Waals surface area contributed by atoms with Gasteiger partial charge in [0.25, 0.3) is 0 Å². The Hall–Kier alpha value is -3.00. The quantitative estimate of drug-likeness (QED) is 0.643. The summed E-state index contributed by atoms with van der Waals surface area (Å²) in [5, 5.41) is 0. The third kappa shape index (κ3) is 5.54. The van der Waals surface area contributed by atoms with E-state index in [4.69, 9.17) is 11.5 Å². The van der Waals surface area contributed by atoms with Crippen molar-refractivity contribution in [2.24, 2.45) is 17.4 Å². The zero-order valence-corrected chi connectivity index (χ0v) is 17.4. The van der Waals surface area contributed by atoms with Crippen LogP contribution in [0.5, 0.6) is 0 Å². The van der Waals surface area contributed by atoms with Crippen LogP contribution in [0.3, 0.4) is 0 Å². The lowest BCUT2D eigenvalue weighted by Gasteiger charge is -2.34. The number of carbonyl (C=O) groups excluding carboxylic acids is 2. The Bertz CT molecular complexity index is 834. The van der Waals surface area contributed by atoms with Crippen LogP contribution in [0.4, 0.5) is 5.95 Å². The molecule has 0 saturated carbocycles. The van der Waals surface area contributed by atoms with Crippen LogP contribution in [0.2, 0.25) is 0 Å². The SMILES string of the molecule is CCC(c1ccc(CN2CCN(c3ncccn3)CC2)cc1)C(CC(N)=O)C(N)=O. The minimum Gasteiger partial charge on any atom is -0.370 e. The third-order valence-electron chi connectivity index (χ3n) is 5.73. The summed E-state index contributed by atoms with van der Waals surface area (Å²) in [6.45, 7) is 6.53. The Morgan fingerprint density at radius 3 is 2.20 bits per heavy atom. The Morgan fingerprint density at radius 2 is 1.67 bits per heavy atom. The number of piperazine rings is 1. The van der Waals surface area contributed by atoms with Gasteiger partial charge in [-0.1, -0.05) is 31.2 Å². The van der Waals surface area contributed by atoms with E-state index in [1.165, 1.54) is 5.56 Å². The highest BCUT2D eigenvalue weighted by Gasteiger charge is 2.28. The summed E-state index contributed by atoms with van der Waals surface area (Å²) in [5.41, 5.74) is 13.1. The first-order chi connectivity index (χ1) is 14.5. The number of benzene rings is 1. The summed E-state index contributed by atoms with van der Waals surface area (Å²) in [6, 6.07) is 10.1. The van der Waals surface area contributed by atoms with Gasteiger partial charge < -0.3 is 16.4 Å². The molecule has 1 aliphatic heterocycles. The fraction of sp³-hybridized carbons (Fsp3) is 0.455. The number of hydrogen-bond acceptors (Lipinski definition) is 6. The van der Waals surface area contributed by atoms with Crippen molar-refractivity contribution in [2.45, 2.75) is 32.2 Å². The number of nitrogens with zero attached hydrogens (tertiary/aromatic N) is 4. The molecule has 2 unspecified atom stereocenters. The van der Waals surface area contributed by atoms with Crippen LogP contribution in [0.1, 0.15) is 36.8 Å². The molecule has 1 fully saturated rings. The minimum absolute atomic E-state index is 0.0228.